The molecule has 0 unspecified atom stereocenters. The van der Waals surface area contributed by atoms with Crippen LogP contribution in [-0.4, -0.2) is 32.2 Å². The summed E-state index contributed by atoms with van der Waals surface area (Å²) in [6.45, 7) is 1.98. The largest absolute Gasteiger partial charge is 0.375 e. The Bertz CT molecular complexity index is 319. The van der Waals surface area contributed by atoms with Gasteiger partial charge in [0.25, 0.3) is 0 Å². The van der Waals surface area contributed by atoms with Crippen LogP contribution in [0.2, 0.25) is 0 Å². The molecule has 0 saturated carbocycles. The number of hydrazine groups is 2. The van der Waals surface area contributed by atoms with Gasteiger partial charge < -0.3 is 4.90 Å². The predicted molar refractivity (Wildman–Crippen MR) is 61.7 cm³/mol. The third-order valence-electron chi connectivity index (χ3n) is 2.40. The molecule has 1 aliphatic heterocycles. The van der Waals surface area contributed by atoms with Crippen LogP contribution in [-0.2, 0) is 0 Å². The number of nitrogens with zero attached hydrogens (tertiary/aromatic N) is 3. The molecule has 1 aliphatic rings. The summed E-state index contributed by atoms with van der Waals surface area (Å²) in [5.74, 6) is 0.967. The van der Waals surface area contributed by atoms with E-state index in [0.29, 0.717) is 0 Å². The van der Waals surface area contributed by atoms with Gasteiger partial charge in [-0.3, -0.25) is 5.01 Å². The Kier molecular flexibility index (Phi) is 3.03. The van der Waals surface area contributed by atoms with Gasteiger partial charge in [-0.15, -0.1) is 0 Å². The van der Waals surface area contributed by atoms with E-state index in [1.807, 2.05) is 31.4 Å². The van der Waals surface area contributed by atoms with Crippen molar-refractivity contribution in [3.63, 3.8) is 0 Å². The minimum Gasteiger partial charge on any atom is -0.375 e. The third kappa shape index (κ3) is 2.19. The lowest BCUT2D eigenvalue weighted by molar-refractivity contribution is 0.430. The van der Waals surface area contributed by atoms with Gasteiger partial charge in [0.2, 0.25) is 0 Å². The lowest BCUT2D eigenvalue weighted by atomic mass is 10.3. The molecule has 5 nitrogen and oxygen atoms in total. The lowest BCUT2D eigenvalue weighted by Gasteiger charge is -2.31. The minimum atomic E-state index is 0.967. The number of aromatic nitrogens is 1. The smallest absolute Gasteiger partial charge is 0.167 e. The summed E-state index contributed by atoms with van der Waals surface area (Å²) in [6.07, 6.45) is 2.94. The molecule has 1 saturated heterocycles. The lowest BCUT2D eigenvalue weighted by Crippen LogP contribution is -2.53. The van der Waals surface area contributed by atoms with E-state index in [4.69, 9.17) is 0 Å². The van der Waals surface area contributed by atoms with E-state index in [1.165, 1.54) is 0 Å². The summed E-state index contributed by atoms with van der Waals surface area (Å²) in [5.41, 5.74) is 7.36. The number of hydrogen-bond donors (Lipinski definition) is 2. The van der Waals surface area contributed by atoms with Crippen LogP contribution in [0.1, 0.15) is 6.42 Å². The van der Waals surface area contributed by atoms with Gasteiger partial charge in [0, 0.05) is 33.4 Å². The van der Waals surface area contributed by atoms with Crippen LogP contribution < -0.4 is 20.9 Å². The van der Waals surface area contributed by atoms with Gasteiger partial charge in [0.05, 0.1) is 5.69 Å². The van der Waals surface area contributed by atoms with Crippen molar-refractivity contribution in [1.29, 1.82) is 0 Å². The molecule has 1 aromatic rings. The fourth-order valence-electron chi connectivity index (χ4n) is 1.64. The average Bonchev–Trinajstić information content (AvgIpc) is 2.30. The van der Waals surface area contributed by atoms with Crippen LogP contribution in [0.4, 0.5) is 11.5 Å². The van der Waals surface area contributed by atoms with E-state index in [9.17, 15) is 0 Å². The van der Waals surface area contributed by atoms with Crippen molar-refractivity contribution in [2.24, 2.45) is 0 Å². The molecular formula is C10H17N5. The third-order valence-corrected chi connectivity index (χ3v) is 2.40. The van der Waals surface area contributed by atoms with Gasteiger partial charge in [-0.1, -0.05) is 0 Å². The van der Waals surface area contributed by atoms with Gasteiger partial charge in [-0.25, -0.2) is 10.4 Å². The van der Waals surface area contributed by atoms with E-state index in [0.717, 1.165) is 31.0 Å². The number of anilines is 2. The van der Waals surface area contributed by atoms with Crippen molar-refractivity contribution >= 4 is 11.5 Å². The molecule has 1 aromatic heterocycles. The fourth-order valence-corrected chi connectivity index (χ4v) is 1.64. The average molecular weight is 207 g/mol. The maximum Gasteiger partial charge on any atom is 0.167 e. The molecule has 0 aromatic carbocycles. The monoisotopic (exact) mass is 207 g/mol. The summed E-state index contributed by atoms with van der Waals surface area (Å²) in [7, 11) is 4.05. The van der Waals surface area contributed by atoms with E-state index in [-0.39, 0.29) is 0 Å². The molecular weight excluding hydrogens is 190 g/mol. The van der Waals surface area contributed by atoms with Crippen molar-refractivity contribution in [3.8, 4) is 0 Å². The highest BCUT2D eigenvalue weighted by Crippen LogP contribution is 2.24. The van der Waals surface area contributed by atoms with E-state index < -0.39 is 0 Å². The molecule has 15 heavy (non-hydrogen) atoms. The fraction of sp³-hybridized carbons (Fsp3) is 0.500. The van der Waals surface area contributed by atoms with Crippen LogP contribution >= 0.6 is 0 Å². The molecule has 2 heterocycles. The van der Waals surface area contributed by atoms with E-state index in [2.05, 4.69) is 26.9 Å². The quantitative estimate of drug-likeness (QED) is 0.733. The predicted octanol–water partition coefficient (Wildman–Crippen LogP) is 0.367. The summed E-state index contributed by atoms with van der Waals surface area (Å²) >= 11 is 0. The molecule has 0 aliphatic carbocycles. The molecule has 82 valence electrons. The highest BCUT2D eigenvalue weighted by atomic mass is 15.7. The summed E-state index contributed by atoms with van der Waals surface area (Å²) in [5, 5.41) is 2.04. The zero-order chi connectivity index (χ0) is 10.7. The normalized spacial score (nSPS) is 16.5. The van der Waals surface area contributed by atoms with E-state index >= 15 is 0 Å². The second-order valence-electron chi connectivity index (χ2n) is 3.78. The maximum absolute atomic E-state index is 4.41. The Morgan fingerprint density at radius 3 is 3.00 bits per heavy atom. The number of rotatable bonds is 2. The molecule has 0 atom stereocenters. The Hall–Kier alpha value is -1.33. The Morgan fingerprint density at radius 2 is 2.33 bits per heavy atom. The van der Waals surface area contributed by atoms with Crippen molar-refractivity contribution in [3.05, 3.63) is 18.3 Å². The molecule has 0 spiro atoms. The summed E-state index contributed by atoms with van der Waals surface area (Å²) in [6, 6.07) is 4.02. The minimum absolute atomic E-state index is 0.967. The van der Waals surface area contributed by atoms with Crippen LogP contribution in [0.25, 0.3) is 0 Å². The zero-order valence-corrected chi connectivity index (χ0v) is 9.20. The molecule has 2 N–H and O–H groups in total. The van der Waals surface area contributed by atoms with Crippen molar-refractivity contribution < 1.29 is 0 Å². The molecule has 5 heteroatoms. The van der Waals surface area contributed by atoms with Gasteiger partial charge in [0.15, 0.2) is 5.82 Å². The molecule has 1 fully saturated rings. The van der Waals surface area contributed by atoms with Gasteiger partial charge in [0.1, 0.15) is 0 Å². The van der Waals surface area contributed by atoms with Crippen molar-refractivity contribution in [2.45, 2.75) is 6.42 Å². The number of hydrogen-bond acceptors (Lipinski definition) is 5. The maximum atomic E-state index is 4.41. The first-order valence-corrected chi connectivity index (χ1v) is 5.17. The second kappa shape index (κ2) is 4.46. The molecule has 2 rings (SSSR count). The summed E-state index contributed by atoms with van der Waals surface area (Å²) in [4.78, 5) is 6.47. The summed E-state index contributed by atoms with van der Waals surface area (Å²) < 4.78 is 0. The van der Waals surface area contributed by atoms with Crippen molar-refractivity contribution in [2.75, 3.05) is 37.1 Å². The van der Waals surface area contributed by atoms with Crippen molar-refractivity contribution in [1.82, 2.24) is 15.9 Å². The Labute approximate surface area is 90.0 Å². The first kappa shape index (κ1) is 10.2. The van der Waals surface area contributed by atoms with Crippen LogP contribution in [0.3, 0.4) is 0 Å². The van der Waals surface area contributed by atoms with Crippen LogP contribution in [0.15, 0.2) is 18.3 Å². The number of nitrogens with one attached hydrogen (secondary N) is 2. The zero-order valence-electron chi connectivity index (χ0n) is 9.20. The van der Waals surface area contributed by atoms with Crippen LogP contribution in [0.5, 0.6) is 0 Å². The number of pyridine rings is 1. The highest BCUT2D eigenvalue weighted by Gasteiger charge is 2.15. The van der Waals surface area contributed by atoms with Crippen LogP contribution in [0, 0.1) is 0 Å². The second-order valence-corrected chi connectivity index (χ2v) is 3.78. The van der Waals surface area contributed by atoms with Gasteiger partial charge >= 0.3 is 0 Å². The Morgan fingerprint density at radius 1 is 1.47 bits per heavy atom. The SMILES string of the molecule is CN(C)c1cccnc1N1CCCNN1. The standard InChI is InChI=1S/C10H17N5/c1-14(2)9-5-3-6-11-10(9)15-8-4-7-12-13-15/h3,5-6,12-13H,4,7-8H2,1-2H3. The molecule has 0 radical (unpaired) electrons. The topological polar surface area (TPSA) is 43.4 Å². The van der Waals surface area contributed by atoms with E-state index in [1.54, 1.807) is 0 Å². The molecule has 0 amide bonds. The first-order valence-electron chi connectivity index (χ1n) is 5.17. The highest BCUT2D eigenvalue weighted by molar-refractivity contribution is 5.65. The molecule has 0 bridgehead atoms. The first-order chi connectivity index (χ1) is 7.29. The van der Waals surface area contributed by atoms with Gasteiger partial charge in [-0.2, -0.15) is 5.53 Å². The van der Waals surface area contributed by atoms with Gasteiger partial charge in [-0.05, 0) is 18.6 Å². The Balaban J connectivity index is 2.25.